The van der Waals surface area contributed by atoms with E-state index in [1.54, 1.807) is 24.1 Å². The van der Waals surface area contributed by atoms with Crippen LogP contribution < -0.4 is 0 Å². The maximum absolute atomic E-state index is 13.6. The number of β-lactam (4-membered cyclic amide) rings is 1. The first-order valence-corrected chi connectivity index (χ1v) is 12.4. The molecular formula is C29H24N2O3S. The minimum absolute atomic E-state index is 0.211. The average Bonchev–Trinajstić information content (AvgIpc) is 2.92. The number of ether oxygens (including phenoxy) is 1. The molecule has 0 aliphatic carbocycles. The summed E-state index contributed by atoms with van der Waals surface area (Å²) in [7, 11) is 0. The number of carbonyl (C=O) groups is 2. The smallest absolute Gasteiger partial charge is 0.356 e. The van der Waals surface area contributed by atoms with Gasteiger partial charge in [0, 0.05) is 12.0 Å². The molecule has 5 nitrogen and oxygen atoms in total. The van der Waals surface area contributed by atoms with Gasteiger partial charge in [0.05, 0.1) is 0 Å². The Kier molecular flexibility index (Phi) is 6.64. The number of thioether (sulfide) groups is 1. The lowest BCUT2D eigenvalue weighted by Crippen LogP contribution is -2.64. The van der Waals surface area contributed by atoms with Gasteiger partial charge >= 0.3 is 5.97 Å². The lowest BCUT2D eigenvalue weighted by atomic mass is 10.0. The summed E-state index contributed by atoms with van der Waals surface area (Å²) >= 11 is 1.58. The summed E-state index contributed by atoms with van der Waals surface area (Å²) in [5.41, 5.74) is 3.59. The van der Waals surface area contributed by atoms with Crippen LogP contribution in [0.1, 0.15) is 22.8 Å². The molecule has 5 rings (SSSR count). The Labute approximate surface area is 208 Å². The molecule has 2 aliphatic rings. The van der Waals surface area contributed by atoms with E-state index >= 15 is 0 Å². The van der Waals surface area contributed by atoms with Crippen molar-refractivity contribution in [3.63, 3.8) is 0 Å². The van der Waals surface area contributed by atoms with Crippen molar-refractivity contribution in [2.45, 2.75) is 17.5 Å². The van der Waals surface area contributed by atoms with Gasteiger partial charge in [0.15, 0.2) is 12.1 Å². The molecule has 1 amide bonds. The SMILES string of the molecule is C=CC1=C(C(=O)OC(c2ccccc2)c2ccccc2)N2C(=O)C(N=Cc3ccccc3)[C@@H]2SC1. The monoisotopic (exact) mass is 480 g/mol. The molecule has 0 spiro atoms. The van der Waals surface area contributed by atoms with E-state index in [0.29, 0.717) is 11.3 Å². The zero-order valence-electron chi connectivity index (χ0n) is 19.0. The minimum Gasteiger partial charge on any atom is -0.448 e. The average molecular weight is 481 g/mol. The van der Waals surface area contributed by atoms with Crippen LogP contribution in [0, 0.1) is 0 Å². The highest BCUT2D eigenvalue weighted by atomic mass is 32.2. The van der Waals surface area contributed by atoms with Crippen LogP contribution in [0.4, 0.5) is 0 Å². The normalized spacial score (nSPS) is 19.5. The van der Waals surface area contributed by atoms with Crippen molar-refractivity contribution in [3.05, 3.63) is 132 Å². The van der Waals surface area contributed by atoms with E-state index < -0.39 is 18.1 Å². The second-order valence-electron chi connectivity index (χ2n) is 8.23. The fourth-order valence-corrected chi connectivity index (χ4v) is 5.56. The second-order valence-corrected chi connectivity index (χ2v) is 9.33. The van der Waals surface area contributed by atoms with Crippen molar-refractivity contribution in [3.8, 4) is 0 Å². The Bertz CT molecular complexity index is 1250. The van der Waals surface area contributed by atoms with Crippen molar-refractivity contribution >= 4 is 29.9 Å². The van der Waals surface area contributed by atoms with Gasteiger partial charge in [0.1, 0.15) is 11.1 Å². The Hall–Kier alpha value is -3.90. The van der Waals surface area contributed by atoms with Gasteiger partial charge in [0.25, 0.3) is 5.91 Å². The van der Waals surface area contributed by atoms with E-state index in [0.717, 1.165) is 16.7 Å². The number of amides is 1. The first-order chi connectivity index (χ1) is 17.2. The summed E-state index contributed by atoms with van der Waals surface area (Å²) in [6.45, 7) is 3.87. The first-order valence-electron chi connectivity index (χ1n) is 11.4. The second kappa shape index (κ2) is 10.2. The van der Waals surface area contributed by atoms with Crippen molar-refractivity contribution < 1.29 is 14.3 Å². The van der Waals surface area contributed by atoms with Gasteiger partial charge in [-0.15, -0.1) is 11.8 Å². The van der Waals surface area contributed by atoms with Crippen molar-refractivity contribution in [1.82, 2.24) is 4.90 Å². The number of rotatable bonds is 7. The molecule has 2 atom stereocenters. The largest absolute Gasteiger partial charge is 0.448 e. The summed E-state index contributed by atoms with van der Waals surface area (Å²) in [4.78, 5) is 32.8. The molecule has 3 aromatic rings. The highest BCUT2D eigenvalue weighted by Crippen LogP contribution is 2.43. The molecule has 0 radical (unpaired) electrons. The molecule has 2 aliphatic heterocycles. The van der Waals surface area contributed by atoms with Gasteiger partial charge in [-0.3, -0.25) is 14.7 Å². The summed E-state index contributed by atoms with van der Waals surface area (Å²) in [5.74, 6) is -0.195. The van der Waals surface area contributed by atoms with Gasteiger partial charge in [-0.2, -0.15) is 0 Å². The van der Waals surface area contributed by atoms with E-state index in [1.807, 2.05) is 91.0 Å². The summed E-state index contributed by atoms with van der Waals surface area (Å²) in [5, 5.41) is -0.249. The Morgan fingerprint density at radius 3 is 2.11 bits per heavy atom. The molecule has 174 valence electrons. The molecule has 1 fully saturated rings. The lowest BCUT2D eigenvalue weighted by Gasteiger charge is -2.48. The molecule has 1 unspecified atom stereocenters. The minimum atomic E-state index is -0.597. The quantitative estimate of drug-likeness (QED) is 0.266. The number of fused-ring (bicyclic) bond motifs is 1. The van der Waals surface area contributed by atoms with E-state index in [4.69, 9.17) is 4.74 Å². The molecular weight excluding hydrogens is 456 g/mol. The van der Waals surface area contributed by atoms with E-state index in [-0.39, 0.29) is 17.0 Å². The number of hydrogen-bond donors (Lipinski definition) is 0. The first kappa shape index (κ1) is 22.9. The number of nitrogens with zero attached hydrogens (tertiary/aromatic N) is 2. The third kappa shape index (κ3) is 4.57. The predicted octanol–water partition coefficient (Wildman–Crippen LogP) is 5.16. The van der Waals surface area contributed by atoms with Crippen LogP contribution in [0.2, 0.25) is 0 Å². The molecule has 0 bridgehead atoms. The zero-order chi connectivity index (χ0) is 24.2. The lowest BCUT2D eigenvalue weighted by molar-refractivity contribution is -0.152. The van der Waals surface area contributed by atoms with Crippen LogP contribution in [0.5, 0.6) is 0 Å². The van der Waals surface area contributed by atoms with Crippen LogP contribution in [0.25, 0.3) is 0 Å². The van der Waals surface area contributed by atoms with Gasteiger partial charge in [0.2, 0.25) is 0 Å². The van der Waals surface area contributed by atoms with Crippen molar-refractivity contribution in [1.29, 1.82) is 0 Å². The molecule has 0 N–H and O–H groups in total. The number of carbonyl (C=O) groups excluding carboxylic acids is 2. The van der Waals surface area contributed by atoms with Gasteiger partial charge in [-0.25, -0.2) is 4.79 Å². The Morgan fingerprint density at radius 2 is 1.54 bits per heavy atom. The maximum atomic E-state index is 13.6. The maximum Gasteiger partial charge on any atom is 0.356 e. The van der Waals surface area contributed by atoms with E-state index in [2.05, 4.69) is 11.6 Å². The Balaban J connectivity index is 1.41. The molecule has 35 heavy (non-hydrogen) atoms. The topological polar surface area (TPSA) is 59.0 Å². The van der Waals surface area contributed by atoms with Crippen molar-refractivity contribution in [2.24, 2.45) is 4.99 Å². The van der Waals surface area contributed by atoms with Crippen LogP contribution in [0.3, 0.4) is 0 Å². The molecule has 6 heteroatoms. The molecule has 3 aromatic carbocycles. The van der Waals surface area contributed by atoms with Gasteiger partial charge < -0.3 is 4.74 Å². The molecule has 1 saturated heterocycles. The number of hydrogen-bond acceptors (Lipinski definition) is 5. The van der Waals surface area contributed by atoms with E-state index in [9.17, 15) is 9.59 Å². The summed E-state index contributed by atoms with van der Waals surface area (Å²) in [6.07, 6.45) is 2.75. The number of allylic oxidation sites excluding steroid dienone is 1. The van der Waals surface area contributed by atoms with Gasteiger partial charge in [-0.1, -0.05) is 104 Å². The zero-order valence-corrected chi connectivity index (χ0v) is 19.8. The van der Waals surface area contributed by atoms with Crippen LogP contribution in [-0.2, 0) is 14.3 Å². The molecule has 0 aromatic heterocycles. The summed E-state index contributed by atoms with van der Waals surface area (Å²) in [6, 6.07) is 28.3. The van der Waals surface area contributed by atoms with Crippen LogP contribution in [-0.4, -0.2) is 40.2 Å². The fraction of sp³-hybridized carbons (Fsp3) is 0.138. The standard InChI is InChI=1S/C29H24N2O3S/c1-2-21-19-35-28-24(30-18-20-12-6-3-7-13-20)27(32)31(28)25(21)29(33)34-26(22-14-8-4-9-15-22)23-16-10-5-11-17-23/h2-18,24,26,28H,1,19H2/t24?,28-/m0/s1. The van der Waals surface area contributed by atoms with Gasteiger partial charge in [-0.05, 0) is 22.3 Å². The van der Waals surface area contributed by atoms with E-state index in [1.165, 1.54) is 4.90 Å². The highest BCUT2D eigenvalue weighted by molar-refractivity contribution is 8.00. The molecule has 2 heterocycles. The number of benzene rings is 3. The Morgan fingerprint density at radius 1 is 0.971 bits per heavy atom. The highest BCUT2D eigenvalue weighted by Gasteiger charge is 2.53. The third-order valence-corrected chi connectivity index (χ3v) is 7.31. The summed E-state index contributed by atoms with van der Waals surface area (Å²) < 4.78 is 6.07. The molecule has 0 saturated carbocycles. The third-order valence-electron chi connectivity index (χ3n) is 6.02. The number of aliphatic imine (C=N–C) groups is 1. The fourth-order valence-electron chi connectivity index (χ4n) is 4.23. The predicted molar refractivity (Wildman–Crippen MR) is 139 cm³/mol. The van der Waals surface area contributed by atoms with Crippen molar-refractivity contribution in [2.75, 3.05) is 5.75 Å². The number of esters is 1. The van der Waals surface area contributed by atoms with Crippen LogP contribution in [0.15, 0.2) is 120 Å². The van der Waals surface area contributed by atoms with Crippen LogP contribution >= 0.6 is 11.8 Å².